The Morgan fingerprint density at radius 1 is 0.545 bits per heavy atom. The first-order valence-corrected chi connectivity index (χ1v) is 13.9. The van der Waals surface area contributed by atoms with Gasteiger partial charge in [0, 0.05) is 11.1 Å². The van der Waals surface area contributed by atoms with Crippen LogP contribution in [0.2, 0.25) is 0 Å². The highest BCUT2D eigenvalue weighted by molar-refractivity contribution is 5.94. The van der Waals surface area contributed by atoms with Gasteiger partial charge in [0.25, 0.3) is 0 Å². The molecule has 4 aromatic carbocycles. The van der Waals surface area contributed by atoms with E-state index >= 15 is 0 Å². The van der Waals surface area contributed by atoms with Gasteiger partial charge in [-0.2, -0.15) is 21.0 Å². The van der Waals surface area contributed by atoms with Crippen LogP contribution in [0.5, 0.6) is 11.5 Å². The lowest BCUT2D eigenvalue weighted by molar-refractivity contribution is 0.333. The summed E-state index contributed by atoms with van der Waals surface area (Å²) in [7, 11) is 3.11. The molecule has 0 saturated heterocycles. The quantitative estimate of drug-likeness (QED) is 0.221. The van der Waals surface area contributed by atoms with Crippen molar-refractivity contribution in [1.82, 2.24) is 0 Å². The number of hydrogen-bond acceptors (Lipinski definition) is 6. The molecule has 0 atom stereocenters. The molecule has 0 radical (unpaired) electrons. The molecule has 0 unspecified atom stereocenters. The molecule has 6 heteroatoms. The largest absolute Gasteiger partial charge is 0.497 e. The molecule has 5 rings (SSSR count). The van der Waals surface area contributed by atoms with Crippen molar-refractivity contribution in [1.29, 1.82) is 21.0 Å². The van der Waals surface area contributed by atoms with Crippen LogP contribution < -0.4 is 9.47 Å². The number of ether oxygens (including phenoxy) is 2. The molecule has 0 bridgehead atoms. The minimum atomic E-state index is -1.85. The SMILES string of the molecule is COc1ccc(C2(c3ccc(OC)cc3)C(=C(C#N)C#N)C(=C(c3ccc(C)cc3)c3ccc(C)cc3)C2(C#N)C#N)cc1. The van der Waals surface area contributed by atoms with E-state index in [-0.39, 0.29) is 5.57 Å². The van der Waals surface area contributed by atoms with Gasteiger partial charge in [-0.25, -0.2) is 0 Å². The fourth-order valence-corrected chi connectivity index (χ4v) is 6.22. The fourth-order valence-electron chi connectivity index (χ4n) is 6.22. The van der Waals surface area contributed by atoms with Gasteiger partial charge in [0.05, 0.1) is 31.8 Å². The smallest absolute Gasteiger partial charge is 0.187 e. The molecule has 1 saturated carbocycles. The molecule has 0 spiro atoms. The van der Waals surface area contributed by atoms with Crippen LogP contribution in [0.1, 0.15) is 33.4 Å². The van der Waals surface area contributed by atoms with Gasteiger partial charge in [-0.05, 0) is 65.9 Å². The van der Waals surface area contributed by atoms with Crippen molar-refractivity contribution >= 4 is 5.57 Å². The maximum Gasteiger partial charge on any atom is 0.187 e. The van der Waals surface area contributed by atoms with Gasteiger partial charge in [0.1, 0.15) is 29.2 Å². The maximum absolute atomic E-state index is 11.2. The molecule has 0 aromatic heterocycles. The lowest BCUT2D eigenvalue weighted by Gasteiger charge is -2.57. The highest BCUT2D eigenvalue weighted by atomic mass is 16.5. The summed E-state index contributed by atoms with van der Waals surface area (Å²) >= 11 is 0. The minimum Gasteiger partial charge on any atom is -0.497 e. The number of hydrogen-bond donors (Lipinski definition) is 0. The topological polar surface area (TPSA) is 114 Å². The summed E-state index contributed by atoms with van der Waals surface area (Å²) in [5.74, 6) is 1.17. The second-order valence-electron chi connectivity index (χ2n) is 10.6. The summed E-state index contributed by atoms with van der Waals surface area (Å²) in [6.07, 6.45) is 0. The molecule has 1 aliphatic carbocycles. The maximum atomic E-state index is 11.2. The Balaban J connectivity index is 2.04. The number of aryl methyl sites for hydroxylation is 2. The molecule has 0 N–H and O–H groups in total. The van der Waals surface area contributed by atoms with E-state index in [1.54, 1.807) is 62.8 Å². The van der Waals surface area contributed by atoms with Crippen LogP contribution >= 0.6 is 0 Å². The van der Waals surface area contributed by atoms with Gasteiger partial charge in [0.15, 0.2) is 5.41 Å². The van der Waals surface area contributed by atoms with Crippen molar-refractivity contribution in [3.63, 3.8) is 0 Å². The average molecular weight is 573 g/mol. The molecule has 1 fully saturated rings. The van der Waals surface area contributed by atoms with E-state index < -0.39 is 10.8 Å². The number of nitrogens with zero attached hydrogens (tertiary/aromatic N) is 4. The Labute approximate surface area is 257 Å². The molecule has 1 aliphatic rings. The third-order valence-electron chi connectivity index (χ3n) is 8.35. The van der Waals surface area contributed by atoms with Crippen LogP contribution in [0.25, 0.3) is 5.57 Å². The van der Waals surface area contributed by atoms with E-state index in [2.05, 4.69) is 24.3 Å². The van der Waals surface area contributed by atoms with Crippen LogP contribution in [0.15, 0.2) is 114 Å². The summed E-state index contributed by atoms with van der Waals surface area (Å²) in [6, 6.07) is 38.7. The van der Waals surface area contributed by atoms with Gasteiger partial charge < -0.3 is 9.47 Å². The second kappa shape index (κ2) is 11.7. The van der Waals surface area contributed by atoms with E-state index in [1.807, 2.05) is 62.4 Å². The van der Waals surface area contributed by atoms with Crippen molar-refractivity contribution in [2.75, 3.05) is 14.2 Å². The lowest BCUT2D eigenvalue weighted by Crippen LogP contribution is -2.59. The summed E-state index contributed by atoms with van der Waals surface area (Å²) in [6.45, 7) is 3.96. The first kappa shape index (κ1) is 29.4. The number of benzene rings is 4. The Hall–Kier alpha value is -6.08. The molecule has 4 aromatic rings. The van der Waals surface area contributed by atoms with Crippen LogP contribution in [0, 0.1) is 64.6 Å². The molecule has 44 heavy (non-hydrogen) atoms. The third-order valence-corrected chi connectivity index (χ3v) is 8.35. The number of methoxy groups -OCH3 is 2. The standard InChI is InChI=1S/C38H28N4O2/c1-25-5-9-27(10-6-25)34(28-11-7-26(2)8-12-28)36-35(29(21-39)22-40)38(37(36,23-41)24-42,30-13-17-32(43-3)18-14-30)31-15-19-33(44-4)20-16-31/h5-20H,1-4H3. The molecular weight excluding hydrogens is 544 g/mol. The Bertz CT molecular complexity index is 1830. The van der Waals surface area contributed by atoms with E-state index in [0.29, 0.717) is 39.3 Å². The van der Waals surface area contributed by atoms with Crippen LogP contribution in [0.4, 0.5) is 0 Å². The lowest BCUT2D eigenvalue weighted by atomic mass is 9.38. The van der Waals surface area contributed by atoms with Gasteiger partial charge in [-0.15, -0.1) is 0 Å². The molecule has 0 aliphatic heterocycles. The average Bonchev–Trinajstić information content (AvgIpc) is 3.06. The van der Waals surface area contributed by atoms with Crippen molar-refractivity contribution < 1.29 is 9.47 Å². The zero-order valence-electron chi connectivity index (χ0n) is 24.8. The molecule has 212 valence electrons. The summed E-state index contributed by atoms with van der Waals surface area (Å²) in [5.41, 5.74) is 2.47. The summed E-state index contributed by atoms with van der Waals surface area (Å²) in [5, 5.41) is 43.2. The highest BCUT2D eigenvalue weighted by Gasteiger charge is 2.71. The van der Waals surface area contributed by atoms with Gasteiger partial charge in [0.2, 0.25) is 0 Å². The van der Waals surface area contributed by atoms with Crippen LogP contribution in [-0.4, -0.2) is 14.2 Å². The predicted molar refractivity (Wildman–Crippen MR) is 167 cm³/mol. The monoisotopic (exact) mass is 572 g/mol. The minimum absolute atomic E-state index is 0.176. The Kier molecular flexibility index (Phi) is 7.79. The van der Waals surface area contributed by atoms with Crippen molar-refractivity contribution in [3.05, 3.63) is 147 Å². The first-order chi connectivity index (χ1) is 21.3. The van der Waals surface area contributed by atoms with Crippen molar-refractivity contribution in [3.8, 4) is 35.8 Å². The van der Waals surface area contributed by atoms with Gasteiger partial charge in [-0.1, -0.05) is 83.9 Å². The van der Waals surface area contributed by atoms with Crippen LogP contribution in [0.3, 0.4) is 0 Å². The molecular formula is C38H28N4O2. The number of allylic oxidation sites excluding steroid dienone is 3. The summed E-state index contributed by atoms with van der Waals surface area (Å²) < 4.78 is 10.8. The Morgan fingerprint density at radius 3 is 1.25 bits per heavy atom. The van der Waals surface area contributed by atoms with Gasteiger partial charge in [-0.3, -0.25) is 0 Å². The Morgan fingerprint density at radius 2 is 0.932 bits per heavy atom. The molecule has 6 nitrogen and oxygen atoms in total. The highest BCUT2D eigenvalue weighted by Crippen LogP contribution is 2.70. The zero-order valence-corrected chi connectivity index (χ0v) is 24.8. The predicted octanol–water partition coefficient (Wildman–Crippen LogP) is 7.50. The zero-order chi connectivity index (χ0) is 31.5. The summed E-state index contributed by atoms with van der Waals surface area (Å²) in [4.78, 5) is 0. The van der Waals surface area contributed by atoms with E-state index in [1.165, 1.54) is 0 Å². The molecule has 0 heterocycles. The van der Waals surface area contributed by atoms with Gasteiger partial charge >= 0.3 is 0 Å². The van der Waals surface area contributed by atoms with E-state index in [4.69, 9.17) is 9.47 Å². The van der Waals surface area contributed by atoms with Crippen LogP contribution in [-0.2, 0) is 5.41 Å². The fraction of sp³-hybridized carbons (Fsp3) is 0.158. The van der Waals surface area contributed by atoms with E-state index in [0.717, 1.165) is 22.3 Å². The third kappa shape index (κ3) is 4.30. The number of rotatable bonds is 6. The second-order valence-corrected chi connectivity index (χ2v) is 10.6. The molecule has 0 amide bonds. The van der Waals surface area contributed by atoms with E-state index in [9.17, 15) is 21.0 Å². The van der Waals surface area contributed by atoms with Crippen molar-refractivity contribution in [2.24, 2.45) is 5.41 Å². The number of nitriles is 4. The normalized spacial score (nSPS) is 14.1. The van der Waals surface area contributed by atoms with Crippen molar-refractivity contribution in [2.45, 2.75) is 19.3 Å². The first-order valence-electron chi connectivity index (χ1n) is 13.9.